The van der Waals surface area contributed by atoms with E-state index in [1.54, 1.807) is 0 Å². The normalized spacial score (nSPS) is 26.5. The van der Waals surface area contributed by atoms with Crippen LogP contribution < -0.4 is 5.32 Å². The quantitative estimate of drug-likeness (QED) is 0.915. The molecule has 130 valence electrons. The molecule has 1 atom stereocenters. The van der Waals surface area contributed by atoms with E-state index in [1.165, 1.54) is 18.4 Å². The molecule has 4 nitrogen and oxygen atoms in total. The number of piperazine rings is 1. The number of piperidine rings is 1. The third-order valence-corrected chi connectivity index (χ3v) is 6.33. The zero-order valence-corrected chi connectivity index (χ0v) is 14.5. The molecule has 2 heterocycles. The van der Waals surface area contributed by atoms with Crippen LogP contribution in [-0.4, -0.2) is 61.5 Å². The summed E-state index contributed by atoms with van der Waals surface area (Å²) in [5.41, 5.74) is 1.77. The van der Waals surface area contributed by atoms with Crippen LogP contribution in [0.5, 0.6) is 0 Å². The second kappa shape index (κ2) is 6.85. The van der Waals surface area contributed by atoms with E-state index in [0.717, 1.165) is 58.7 Å². The van der Waals surface area contributed by atoms with Gasteiger partial charge in [-0.1, -0.05) is 30.3 Å². The predicted octanol–water partition coefficient (Wildman–Crippen LogP) is 1.76. The Morgan fingerprint density at radius 1 is 1.08 bits per heavy atom. The number of benzene rings is 1. The lowest BCUT2D eigenvalue weighted by Gasteiger charge is -2.35. The molecular weight excluding hydrogens is 298 g/mol. The first-order valence-electron chi connectivity index (χ1n) is 9.53. The van der Waals surface area contributed by atoms with Crippen LogP contribution in [0.4, 0.5) is 0 Å². The second-order valence-electron chi connectivity index (χ2n) is 7.77. The zero-order chi connectivity index (χ0) is 16.4. The van der Waals surface area contributed by atoms with Crippen LogP contribution >= 0.6 is 0 Å². The highest BCUT2D eigenvalue weighted by atomic mass is 16.2. The molecule has 1 unspecified atom stereocenters. The fraction of sp³-hybridized carbons (Fsp3) is 0.650. The van der Waals surface area contributed by atoms with Crippen LogP contribution in [0.1, 0.15) is 24.8 Å². The topological polar surface area (TPSA) is 35.6 Å². The molecule has 4 rings (SSSR count). The van der Waals surface area contributed by atoms with E-state index >= 15 is 0 Å². The van der Waals surface area contributed by atoms with Crippen molar-refractivity contribution in [3.05, 3.63) is 35.9 Å². The van der Waals surface area contributed by atoms with Crippen LogP contribution in [-0.2, 0) is 11.2 Å². The number of hydrogen-bond donors (Lipinski definition) is 1. The van der Waals surface area contributed by atoms with Crippen molar-refractivity contribution in [2.24, 2.45) is 11.3 Å². The van der Waals surface area contributed by atoms with Gasteiger partial charge in [0.05, 0.1) is 0 Å². The van der Waals surface area contributed by atoms with Crippen molar-refractivity contribution in [2.75, 3.05) is 45.8 Å². The Morgan fingerprint density at radius 2 is 1.79 bits per heavy atom. The minimum absolute atomic E-state index is 0.329. The summed E-state index contributed by atoms with van der Waals surface area (Å²) in [6, 6.07) is 10.7. The van der Waals surface area contributed by atoms with Crippen LogP contribution in [0.2, 0.25) is 0 Å². The molecule has 0 aromatic heterocycles. The number of hydrogen-bond acceptors (Lipinski definition) is 3. The van der Waals surface area contributed by atoms with Crippen molar-refractivity contribution < 1.29 is 4.79 Å². The predicted molar refractivity (Wildman–Crippen MR) is 95.8 cm³/mol. The molecule has 0 radical (unpaired) electrons. The Morgan fingerprint density at radius 3 is 2.50 bits per heavy atom. The molecule has 1 aromatic carbocycles. The van der Waals surface area contributed by atoms with Gasteiger partial charge >= 0.3 is 0 Å². The van der Waals surface area contributed by atoms with E-state index in [1.807, 2.05) is 0 Å². The summed E-state index contributed by atoms with van der Waals surface area (Å²) in [6.45, 7) is 7.18. The number of nitrogens with one attached hydrogen (secondary N) is 1. The molecule has 1 aliphatic carbocycles. The van der Waals surface area contributed by atoms with Gasteiger partial charge in [-0.05, 0) is 49.8 Å². The third kappa shape index (κ3) is 3.35. The number of nitrogens with zero attached hydrogens (tertiary/aromatic N) is 2. The van der Waals surface area contributed by atoms with E-state index in [4.69, 9.17) is 0 Å². The molecular formula is C20H29N3O. The molecule has 1 saturated carbocycles. The highest BCUT2D eigenvalue weighted by molar-refractivity contribution is 5.83. The van der Waals surface area contributed by atoms with E-state index in [2.05, 4.69) is 45.4 Å². The third-order valence-electron chi connectivity index (χ3n) is 6.33. The van der Waals surface area contributed by atoms with Gasteiger partial charge in [-0.2, -0.15) is 0 Å². The maximum Gasteiger partial charge on any atom is 0.226 e. The maximum atomic E-state index is 12.8. The summed E-state index contributed by atoms with van der Waals surface area (Å²) in [4.78, 5) is 17.5. The van der Waals surface area contributed by atoms with Gasteiger partial charge in [-0.3, -0.25) is 9.69 Å². The Labute approximate surface area is 145 Å². The Bertz CT molecular complexity index is 560. The van der Waals surface area contributed by atoms with Gasteiger partial charge in [0.1, 0.15) is 0 Å². The van der Waals surface area contributed by atoms with Gasteiger partial charge in [-0.15, -0.1) is 0 Å². The van der Waals surface area contributed by atoms with Crippen molar-refractivity contribution in [2.45, 2.75) is 25.7 Å². The van der Waals surface area contributed by atoms with Gasteiger partial charge in [0.25, 0.3) is 0 Å². The first kappa shape index (κ1) is 16.1. The number of carbonyl (C=O) groups excluding carboxylic acids is 1. The van der Waals surface area contributed by atoms with Gasteiger partial charge in [0.15, 0.2) is 0 Å². The number of amides is 1. The lowest BCUT2D eigenvalue weighted by atomic mass is 9.91. The number of carbonyl (C=O) groups is 1. The molecule has 24 heavy (non-hydrogen) atoms. The van der Waals surface area contributed by atoms with Crippen LogP contribution in [0.25, 0.3) is 0 Å². The Balaban J connectivity index is 1.22. The molecule has 1 amide bonds. The van der Waals surface area contributed by atoms with Crippen LogP contribution in [0.15, 0.2) is 30.3 Å². The number of rotatable bonds is 4. The summed E-state index contributed by atoms with van der Waals surface area (Å²) in [5, 5.41) is 3.42. The smallest absolute Gasteiger partial charge is 0.226 e. The molecule has 2 saturated heterocycles. The average molecular weight is 327 g/mol. The molecule has 3 fully saturated rings. The molecule has 2 aliphatic heterocycles. The first-order valence-corrected chi connectivity index (χ1v) is 9.53. The standard InChI is InChI=1S/C20H29N3O/c24-19(18-16-20(18)7-9-21-10-8-20)23-14-12-22(13-15-23)11-6-17-4-2-1-3-5-17/h1-5,18,21H,6-16H2. The van der Waals surface area contributed by atoms with E-state index < -0.39 is 0 Å². The molecule has 3 aliphatic rings. The Kier molecular flexibility index (Phi) is 4.59. The summed E-state index contributed by atoms with van der Waals surface area (Å²) in [6.07, 6.45) is 4.64. The summed E-state index contributed by atoms with van der Waals surface area (Å²) >= 11 is 0. The minimum Gasteiger partial charge on any atom is -0.340 e. The van der Waals surface area contributed by atoms with Crippen molar-refractivity contribution in [1.82, 2.24) is 15.1 Å². The highest BCUT2D eigenvalue weighted by Gasteiger charge is 2.58. The fourth-order valence-electron chi connectivity index (χ4n) is 4.52. The van der Waals surface area contributed by atoms with E-state index in [9.17, 15) is 4.79 Å². The average Bonchev–Trinajstić information content (AvgIpc) is 3.34. The van der Waals surface area contributed by atoms with Crippen molar-refractivity contribution in [3.8, 4) is 0 Å². The molecule has 4 heteroatoms. The maximum absolute atomic E-state index is 12.8. The monoisotopic (exact) mass is 327 g/mol. The summed E-state index contributed by atoms with van der Waals surface area (Å²) in [7, 11) is 0. The summed E-state index contributed by atoms with van der Waals surface area (Å²) in [5.74, 6) is 0.773. The van der Waals surface area contributed by atoms with Gasteiger partial charge in [0, 0.05) is 38.6 Å². The fourth-order valence-corrected chi connectivity index (χ4v) is 4.52. The van der Waals surface area contributed by atoms with E-state index in [-0.39, 0.29) is 0 Å². The van der Waals surface area contributed by atoms with Gasteiger partial charge < -0.3 is 10.2 Å². The summed E-state index contributed by atoms with van der Waals surface area (Å²) < 4.78 is 0. The largest absolute Gasteiger partial charge is 0.340 e. The zero-order valence-electron chi connectivity index (χ0n) is 14.5. The molecule has 1 aromatic rings. The molecule has 1 spiro atoms. The van der Waals surface area contributed by atoms with Crippen molar-refractivity contribution in [3.63, 3.8) is 0 Å². The van der Waals surface area contributed by atoms with Crippen molar-refractivity contribution in [1.29, 1.82) is 0 Å². The van der Waals surface area contributed by atoms with Gasteiger partial charge in [0.2, 0.25) is 5.91 Å². The lowest BCUT2D eigenvalue weighted by Crippen LogP contribution is -2.50. The van der Waals surface area contributed by atoms with Gasteiger partial charge in [-0.25, -0.2) is 0 Å². The SMILES string of the molecule is O=C(C1CC12CCNCC2)N1CCN(CCc2ccccc2)CC1. The van der Waals surface area contributed by atoms with E-state index in [0.29, 0.717) is 17.2 Å². The first-order chi connectivity index (χ1) is 11.8. The second-order valence-corrected chi connectivity index (χ2v) is 7.77. The minimum atomic E-state index is 0.329. The lowest BCUT2D eigenvalue weighted by molar-refractivity contribution is -0.135. The van der Waals surface area contributed by atoms with Crippen LogP contribution in [0.3, 0.4) is 0 Å². The molecule has 1 N–H and O–H groups in total. The highest BCUT2D eigenvalue weighted by Crippen LogP contribution is 2.59. The van der Waals surface area contributed by atoms with Crippen molar-refractivity contribution >= 4 is 5.91 Å². The molecule has 0 bridgehead atoms. The van der Waals surface area contributed by atoms with Crippen LogP contribution in [0, 0.1) is 11.3 Å². The Hall–Kier alpha value is -1.39.